The molecule has 138 valence electrons. The van der Waals surface area contributed by atoms with Gasteiger partial charge in [0, 0.05) is 16.3 Å². The van der Waals surface area contributed by atoms with E-state index in [0.717, 1.165) is 0 Å². The van der Waals surface area contributed by atoms with E-state index < -0.39 is 0 Å². The topological polar surface area (TPSA) is 66.6 Å². The number of nitrogens with one attached hydrogen (secondary N) is 2. The number of hydrogen-bond acceptors (Lipinski definition) is 4. The third kappa shape index (κ3) is 5.32. The fourth-order valence-electron chi connectivity index (χ4n) is 2.21. The van der Waals surface area contributed by atoms with Crippen LogP contribution < -0.4 is 10.7 Å². The van der Waals surface area contributed by atoms with Crippen LogP contribution >= 0.6 is 23.2 Å². The minimum Gasteiger partial charge on any atom is -0.455 e. The summed E-state index contributed by atoms with van der Waals surface area (Å²) in [6.45, 7) is -0.00718. The summed E-state index contributed by atoms with van der Waals surface area (Å²) in [5.74, 6) is 0.306. The lowest BCUT2D eigenvalue weighted by molar-refractivity contribution is -0.119. The Morgan fingerprint density at radius 2 is 1.89 bits per heavy atom. The van der Waals surface area contributed by atoms with Crippen molar-refractivity contribution in [2.45, 2.75) is 0 Å². The molecule has 2 aromatic carbocycles. The molecule has 0 saturated heterocycles. The number of hydrazone groups is 1. The third-order valence-corrected chi connectivity index (χ3v) is 4.05. The summed E-state index contributed by atoms with van der Waals surface area (Å²) in [4.78, 5) is 11.8. The van der Waals surface area contributed by atoms with Gasteiger partial charge in [0.1, 0.15) is 17.3 Å². The standard InChI is InChI=1S/C19H14Cl2FN3O2/c20-12-1-7-16(17(21)9-12)18-8-6-15(27-18)10-24-25-19(26)11-23-14-4-2-13(22)3-5-14/h1-10,23H,11H2,(H,25,26)/b24-10-. The maximum Gasteiger partial charge on any atom is 0.259 e. The number of nitrogens with zero attached hydrogens (tertiary/aromatic N) is 1. The van der Waals surface area contributed by atoms with Crippen LogP contribution in [-0.4, -0.2) is 18.7 Å². The Labute approximate surface area is 164 Å². The number of anilines is 1. The van der Waals surface area contributed by atoms with Gasteiger partial charge in [-0.05, 0) is 54.6 Å². The average molecular weight is 406 g/mol. The monoisotopic (exact) mass is 405 g/mol. The molecule has 1 amide bonds. The first-order valence-corrected chi connectivity index (χ1v) is 8.63. The minimum atomic E-state index is -0.358. The second-order valence-electron chi connectivity index (χ2n) is 5.48. The van der Waals surface area contributed by atoms with E-state index >= 15 is 0 Å². The normalized spacial score (nSPS) is 10.9. The van der Waals surface area contributed by atoms with Crippen LogP contribution in [0.4, 0.5) is 10.1 Å². The quantitative estimate of drug-likeness (QED) is 0.450. The highest BCUT2D eigenvalue weighted by atomic mass is 35.5. The van der Waals surface area contributed by atoms with Gasteiger partial charge in [-0.15, -0.1) is 0 Å². The Balaban J connectivity index is 1.53. The molecule has 27 heavy (non-hydrogen) atoms. The van der Waals surface area contributed by atoms with Crippen LogP contribution in [0.15, 0.2) is 64.1 Å². The zero-order valence-corrected chi connectivity index (χ0v) is 15.4. The van der Waals surface area contributed by atoms with E-state index in [9.17, 15) is 9.18 Å². The van der Waals surface area contributed by atoms with E-state index in [4.69, 9.17) is 27.6 Å². The van der Waals surface area contributed by atoms with Crippen LogP contribution in [0.2, 0.25) is 10.0 Å². The van der Waals surface area contributed by atoms with E-state index in [2.05, 4.69) is 15.8 Å². The molecule has 0 radical (unpaired) electrons. The van der Waals surface area contributed by atoms with Crippen LogP contribution in [0.5, 0.6) is 0 Å². The van der Waals surface area contributed by atoms with Gasteiger partial charge in [-0.3, -0.25) is 4.79 Å². The summed E-state index contributed by atoms with van der Waals surface area (Å²) in [7, 11) is 0. The molecular weight excluding hydrogens is 392 g/mol. The van der Waals surface area contributed by atoms with Gasteiger partial charge in [0.25, 0.3) is 5.91 Å². The molecule has 0 atom stereocenters. The van der Waals surface area contributed by atoms with Crippen molar-refractivity contribution < 1.29 is 13.6 Å². The van der Waals surface area contributed by atoms with E-state index in [1.165, 1.54) is 30.5 Å². The number of furan rings is 1. The number of rotatable bonds is 6. The number of benzene rings is 2. The molecule has 0 bridgehead atoms. The Kier molecular flexibility index (Phi) is 6.11. The van der Waals surface area contributed by atoms with Crippen molar-refractivity contribution in [3.05, 3.63) is 76.2 Å². The molecule has 0 spiro atoms. The zero-order valence-electron chi connectivity index (χ0n) is 13.9. The molecule has 0 fully saturated rings. The van der Waals surface area contributed by atoms with Gasteiger partial charge >= 0.3 is 0 Å². The fourth-order valence-corrected chi connectivity index (χ4v) is 2.72. The molecule has 3 aromatic rings. The molecule has 2 N–H and O–H groups in total. The summed E-state index contributed by atoms with van der Waals surface area (Å²) >= 11 is 12.0. The first kappa shape index (κ1) is 18.9. The Morgan fingerprint density at radius 1 is 1.11 bits per heavy atom. The number of carbonyl (C=O) groups excluding carboxylic acids is 1. The van der Waals surface area contributed by atoms with E-state index in [0.29, 0.717) is 32.8 Å². The second kappa shape index (κ2) is 8.70. The lowest BCUT2D eigenvalue weighted by atomic mass is 10.2. The summed E-state index contributed by atoms with van der Waals surface area (Å²) in [5.41, 5.74) is 3.70. The van der Waals surface area contributed by atoms with E-state index in [-0.39, 0.29) is 18.3 Å². The van der Waals surface area contributed by atoms with Crippen LogP contribution in [0.3, 0.4) is 0 Å². The summed E-state index contributed by atoms with van der Waals surface area (Å²) in [6, 6.07) is 14.2. The Hall–Kier alpha value is -2.83. The number of carbonyl (C=O) groups is 1. The maximum absolute atomic E-state index is 12.8. The third-order valence-electron chi connectivity index (χ3n) is 3.50. The molecule has 1 aromatic heterocycles. The minimum absolute atomic E-state index is 0.00718. The van der Waals surface area contributed by atoms with Crippen molar-refractivity contribution in [2.75, 3.05) is 11.9 Å². The first-order chi connectivity index (χ1) is 13.0. The van der Waals surface area contributed by atoms with Crippen LogP contribution in [0.1, 0.15) is 5.76 Å². The molecule has 0 aliphatic rings. The van der Waals surface area contributed by atoms with Crippen molar-refractivity contribution in [3.8, 4) is 11.3 Å². The molecular formula is C19H14Cl2FN3O2. The van der Waals surface area contributed by atoms with Crippen LogP contribution in [-0.2, 0) is 4.79 Å². The number of hydrogen-bond donors (Lipinski definition) is 2. The molecule has 5 nitrogen and oxygen atoms in total. The van der Waals surface area contributed by atoms with Gasteiger partial charge < -0.3 is 9.73 Å². The largest absolute Gasteiger partial charge is 0.455 e. The lowest BCUT2D eigenvalue weighted by Gasteiger charge is -2.04. The van der Waals surface area contributed by atoms with Crippen LogP contribution in [0.25, 0.3) is 11.3 Å². The van der Waals surface area contributed by atoms with Crippen molar-refractivity contribution in [3.63, 3.8) is 0 Å². The van der Waals surface area contributed by atoms with Crippen molar-refractivity contribution in [1.29, 1.82) is 0 Å². The summed E-state index contributed by atoms with van der Waals surface area (Å²) in [5, 5.41) is 7.70. The predicted octanol–water partition coefficient (Wildman–Crippen LogP) is 4.95. The molecule has 1 heterocycles. The molecule has 0 aliphatic heterocycles. The smallest absolute Gasteiger partial charge is 0.259 e. The summed E-state index contributed by atoms with van der Waals surface area (Å²) in [6.07, 6.45) is 1.38. The van der Waals surface area contributed by atoms with Gasteiger partial charge in [-0.2, -0.15) is 5.10 Å². The molecule has 8 heteroatoms. The van der Waals surface area contributed by atoms with E-state index in [1.807, 2.05) is 0 Å². The van der Waals surface area contributed by atoms with Crippen LogP contribution in [0, 0.1) is 5.82 Å². The Bertz CT molecular complexity index is 971. The lowest BCUT2D eigenvalue weighted by Crippen LogP contribution is -2.25. The number of halogens is 3. The molecule has 3 rings (SSSR count). The fraction of sp³-hybridized carbons (Fsp3) is 0.0526. The van der Waals surface area contributed by atoms with Crippen molar-refractivity contribution in [2.24, 2.45) is 5.10 Å². The first-order valence-electron chi connectivity index (χ1n) is 7.88. The zero-order chi connectivity index (χ0) is 19.2. The Morgan fingerprint density at radius 3 is 2.63 bits per heavy atom. The van der Waals surface area contributed by atoms with Gasteiger partial charge in [0.15, 0.2) is 0 Å². The van der Waals surface area contributed by atoms with Crippen molar-refractivity contribution >= 4 is 41.0 Å². The highest BCUT2D eigenvalue weighted by Gasteiger charge is 2.08. The van der Waals surface area contributed by atoms with Gasteiger partial charge in [0.05, 0.1) is 17.8 Å². The maximum atomic E-state index is 12.8. The number of amides is 1. The predicted molar refractivity (Wildman–Crippen MR) is 105 cm³/mol. The van der Waals surface area contributed by atoms with Crippen molar-refractivity contribution in [1.82, 2.24) is 5.43 Å². The average Bonchev–Trinajstić information content (AvgIpc) is 3.10. The van der Waals surface area contributed by atoms with Gasteiger partial charge in [0.2, 0.25) is 0 Å². The molecule has 0 saturated carbocycles. The molecule has 0 aliphatic carbocycles. The van der Waals surface area contributed by atoms with Gasteiger partial charge in [-0.1, -0.05) is 23.2 Å². The second-order valence-corrected chi connectivity index (χ2v) is 6.32. The SMILES string of the molecule is O=C(CNc1ccc(F)cc1)N/N=C\c1ccc(-c2ccc(Cl)cc2Cl)o1. The molecule has 0 unspecified atom stereocenters. The van der Waals surface area contributed by atoms with Gasteiger partial charge in [-0.25, -0.2) is 9.82 Å². The summed E-state index contributed by atoms with van der Waals surface area (Å²) < 4.78 is 18.4. The highest BCUT2D eigenvalue weighted by Crippen LogP contribution is 2.31. The highest BCUT2D eigenvalue weighted by molar-refractivity contribution is 6.36. The van der Waals surface area contributed by atoms with E-state index in [1.54, 1.807) is 30.3 Å².